The third-order valence-corrected chi connectivity index (χ3v) is 20.7. The zero-order valence-corrected chi connectivity index (χ0v) is 53.4. The number of aromatic nitrogens is 4. The number of anilines is 3. The van der Waals surface area contributed by atoms with Crippen LogP contribution in [0, 0.1) is 31.6 Å². The Labute approximate surface area is 534 Å². The van der Waals surface area contributed by atoms with E-state index in [0.717, 1.165) is 51.8 Å². The molecule has 0 amide bonds. The molecule has 3 aliphatic carbocycles. The Hall–Kier alpha value is -8.88. The van der Waals surface area contributed by atoms with E-state index in [-0.39, 0.29) is 38.7 Å². The maximum atomic E-state index is 13.3. The fourth-order valence-electron chi connectivity index (χ4n) is 15.5. The van der Waals surface area contributed by atoms with E-state index in [1.54, 1.807) is 68.5 Å². The molecule has 2 unspecified atom stereocenters. The fourth-order valence-corrected chi connectivity index (χ4v) is 15.5. The highest BCUT2D eigenvalue weighted by molar-refractivity contribution is 5.72. The van der Waals surface area contributed by atoms with Gasteiger partial charge in [-0.3, -0.25) is 19.8 Å². The minimum atomic E-state index is -1.38. The lowest BCUT2D eigenvalue weighted by molar-refractivity contribution is -0.550. The summed E-state index contributed by atoms with van der Waals surface area (Å²) in [6.07, 6.45) is -1.46. The Kier molecular flexibility index (Phi) is 16.1. The molecule has 3 fully saturated rings. The van der Waals surface area contributed by atoms with Crippen molar-refractivity contribution in [3.05, 3.63) is 246 Å². The quantitative estimate of drug-likeness (QED) is 0.131. The van der Waals surface area contributed by atoms with Crippen molar-refractivity contribution in [1.82, 2.24) is 19.6 Å². The number of aromatic hydroxyl groups is 3. The number of benzene rings is 6. The number of allylic oxidation sites excluding steroid dienone is 3. The third-order valence-electron chi connectivity index (χ3n) is 20.7. The molecule has 3 saturated carbocycles. The van der Waals surface area contributed by atoms with Crippen LogP contribution in [0.25, 0.3) is 11.4 Å². The van der Waals surface area contributed by atoms with E-state index in [9.17, 15) is 55.5 Å². The Bertz CT molecular complexity index is 4100. The van der Waals surface area contributed by atoms with E-state index < -0.39 is 94.7 Å². The molecule has 480 valence electrons. The Balaban J connectivity index is 0.000000133. The molecule has 0 saturated heterocycles. The van der Waals surface area contributed by atoms with E-state index in [4.69, 9.17) is 0 Å². The first-order chi connectivity index (χ1) is 43.6. The summed E-state index contributed by atoms with van der Waals surface area (Å²) in [5.74, 6) is -6.01. The number of aryl methyl sites for hydroxylation is 2. The number of nitrogens with zero attached hydrogens (tertiary/aromatic N) is 5. The van der Waals surface area contributed by atoms with Crippen molar-refractivity contribution in [2.45, 2.75) is 126 Å². The highest BCUT2D eigenvalue weighted by Gasteiger charge is 2.47. The van der Waals surface area contributed by atoms with Gasteiger partial charge < -0.3 is 60.7 Å². The standard InChI is InChI=1S/C28H32N2O2.C24H22N4O4.C22H23NO5/c1-27(2)19-11-7-9-13-21(19)29(5)23(27)15-17-25(31)18(26(17)32)16-24-28(3,4)20-12-8-10-14-22(20)30(24)6;1-13-17(23(31)27(25-13)15-9-5-3-6-10-15)19-21(29)20(22(19)30)18-14(2)26-28(24(18)32)16-11-7-4-8-12-16;1-22(2)13-6-4-5-7-14(13)23(3)17(22)10-12-20(27)19(21(12)28)18-15(25)8-11(24)9-16(18)26/h7-18,25-26H,1-6H3;3-12,19-22,25-26H,1-2H3;4-10,12,19-21,24-26H,1-3H3/q3*-2. The number of hydrogen-bond donors (Lipinski definition) is 5. The Morgan fingerprint density at radius 2 is 0.685 bits per heavy atom. The number of hydrogen-bond acceptors (Lipinski definition) is 14. The van der Waals surface area contributed by atoms with Gasteiger partial charge in [-0.1, -0.05) is 151 Å². The molecule has 8 aromatic rings. The van der Waals surface area contributed by atoms with Gasteiger partial charge in [0.25, 0.3) is 11.1 Å². The molecule has 6 aromatic carbocycles. The highest BCUT2D eigenvalue weighted by atomic mass is 16.3. The number of fused-ring (bicyclic) bond motifs is 3. The average molecular weight is 1240 g/mol. The first-order valence-electron chi connectivity index (χ1n) is 31.2. The van der Waals surface area contributed by atoms with Crippen LogP contribution < -0.4 is 56.5 Å². The van der Waals surface area contributed by atoms with Crippen LogP contribution in [-0.2, 0) is 16.2 Å². The number of nitrogens with one attached hydrogen (secondary N) is 2. The predicted molar refractivity (Wildman–Crippen MR) is 343 cm³/mol. The summed E-state index contributed by atoms with van der Waals surface area (Å²) in [6.45, 7) is 16.2. The number of phenols is 3. The molecule has 0 bridgehead atoms. The molecule has 0 radical (unpaired) electrons. The molecule has 0 spiro atoms. The van der Waals surface area contributed by atoms with Gasteiger partial charge in [0.05, 0.1) is 11.4 Å². The van der Waals surface area contributed by atoms with Gasteiger partial charge >= 0.3 is 0 Å². The number of rotatable bonds is 8. The summed E-state index contributed by atoms with van der Waals surface area (Å²) in [7, 11) is 5.99. The Morgan fingerprint density at radius 3 is 1.00 bits per heavy atom. The maximum absolute atomic E-state index is 13.3. The molecule has 5 N–H and O–H groups in total. The van der Waals surface area contributed by atoms with Gasteiger partial charge in [0.1, 0.15) is 17.2 Å². The smallest absolute Gasteiger partial charge is 0.274 e. The number of aromatic amines is 2. The van der Waals surface area contributed by atoms with Gasteiger partial charge in [-0.2, -0.15) is 0 Å². The molecule has 92 heavy (non-hydrogen) atoms. The summed E-state index contributed by atoms with van der Waals surface area (Å²) in [6, 6.07) is 44.6. The maximum Gasteiger partial charge on any atom is 0.274 e. The van der Waals surface area contributed by atoms with Crippen molar-refractivity contribution in [3.8, 4) is 28.6 Å². The molecule has 6 aliphatic rings. The highest BCUT2D eigenvalue weighted by Crippen LogP contribution is 2.54. The number of H-pyrrole nitrogens is 2. The molecule has 18 nitrogen and oxygen atoms in total. The minimum absolute atomic E-state index is 0.0743. The van der Waals surface area contributed by atoms with Crippen molar-refractivity contribution in [1.29, 1.82) is 0 Å². The first-order valence-corrected chi connectivity index (χ1v) is 31.2. The van der Waals surface area contributed by atoms with Crippen LogP contribution in [0.4, 0.5) is 17.1 Å². The molecule has 14 rings (SSSR count). The molecule has 3 aliphatic heterocycles. The second-order valence-corrected chi connectivity index (χ2v) is 27.0. The Morgan fingerprint density at radius 1 is 0.402 bits per heavy atom. The summed E-state index contributed by atoms with van der Waals surface area (Å²) < 4.78 is 2.70. The molecule has 18 heteroatoms. The van der Waals surface area contributed by atoms with E-state index in [1.165, 1.54) is 20.5 Å². The number of likely N-dealkylation sites (N-methyl/N-ethyl adjacent to an activating group) is 3. The topological polar surface area (TPSA) is 284 Å². The summed E-state index contributed by atoms with van der Waals surface area (Å²) in [5, 5.41) is 114. The fraction of sp³-hybridized carbons (Fsp3) is 0.351. The summed E-state index contributed by atoms with van der Waals surface area (Å²) in [4.78, 5) is 32.4. The van der Waals surface area contributed by atoms with Crippen molar-refractivity contribution in [2.24, 2.45) is 17.8 Å². The van der Waals surface area contributed by atoms with Gasteiger partial charge in [0, 0.05) is 112 Å². The second-order valence-electron chi connectivity index (χ2n) is 27.0. The SMILES string of the molecule is CN1C(=CC2C([O-])C(C=C3N(C)c4ccccc4C3(C)C)C2[O-])C(C)(C)c2ccccc21.CN1C(=CC2C([O-])C(c3c(O)cc(O)cc3O)C2[O-])C(C)(C)c2ccccc21.Cc1[nH]n(-c2ccccc2)c(=O)c1C1C([O-])C(c2c(C)[nH]n(-c3ccccc3)c2=O)C1[O-]. The van der Waals surface area contributed by atoms with Gasteiger partial charge in [0.2, 0.25) is 0 Å². The first kappa shape index (κ1) is 63.3. The van der Waals surface area contributed by atoms with Crippen molar-refractivity contribution >= 4 is 17.1 Å². The van der Waals surface area contributed by atoms with Crippen LogP contribution in [0.1, 0.15) is 104 Å². The van der Waals surface area contributed by atoms with E-state index >= 15 is 0 Å². The van der Waals surface area contributed by atoms with Crippen molar-refractivity contribution in [3.63, 3.8) is 0 Å². The van der Waals surface area contributed by atoms with Crippen molar-refractivity contribution in [2.75, 3.05) is 35.8 Å². The zero-order valence-electron chi connectivity index (χ0n) is 53.4. The molecule has 2 aromatic heterocycles. The van der Waals surface area contributed by atoms with Crippen LogP contribution in [0.3, 0.4) is 0 Å². The van der Waals surface area contributed by atoms with E-state index in [2.05, 4.69) is 85.8 Å². The molecular weight excluding hydrogens is 1160 g/mol. The normalized spacial score (nSPS) is 28.1. The largest absolute Gasteiger partial charge is 0.851 e. The molecular formula is C74H77N7O11-6. The van der Waals surface area contributed by atoms with Crippen LogP contribution in [0.2, 0.25) is 0 Å². The van der Waals surface area contributed by atoms with Crippen LogP contribution in [-0.4, -0.2) is 92.6 Å². The van der Waals surface area contributed by atoms with Crippen LogP contribution in [0.5, 0.6) is 17.2 Å². The molecule has 5 heterocycles. The van der Waals surface area contributed by atoms with Gasteiger partial charge in [-0.25, -0.2) is 9.36 Å². The summed E-state index contributed by atoms with van der Waals surface area (Å²) >= 11 is 0. The van der Waals surface area contributed by atoms with E-state index in [0.29, 0.717) is 22.8 Å². The number of para-hydroxylation sites is 5. The minimum Gasteiger partial charge on any atom is -0.851 e. The van der Waals surface area contributed by atoms with Gasteiger partial charge in [-0.05, 0) is 109 Å². The lowest BCUT2D eigenvalue weighted by Crippen LogP contribution is -2.66. The lowest BCUT2D eigenvalue weighted by Gasteiger charge is -2.61. The monoisotopic (exact) mass is 1240 g/mol. The lowest BCUT2D eigenvalue weighted by atomic mass is 9.63. The summed E-state index contributed by atoms with van der Waals surface area (Å²) in [5.41, 5.74) is 11.0. The third kappa shape index (κ3) is 10.0. The van der Waals surface area contributed by atoms with Gasteiger partial charge in [-0.15, -0.1) is 36.6 Å². The zero-order chi connectivity index (χ0) is 65.9. The van der Waals surface area contributed by atoms with E-state index in [1.807, 2.05) is 98.9 Å². The number of phenolic OH excluding ortho intramolecular Hbond substituents is 3. The van der Waals surface area contributed by atoms with Crippen LogP contribution in [0.15, 0.2) is 191 Å². The van der Waals surface area contributed by atoms with Crippen LogP contribution >= 0.6 is 0 Å². The average Bonchev–Trinajstić information content (AvgIpc) is 1.46. The molecule has 2 atom stereocenters. The van der Waals surface area contributed by atoms with Crippen molar-refractivity contribution < 1.29 is 46.0 Å². The van der Waals surface area contributed by atoms with Gasteiger partial charge in [0.15, 0.2) is 0 Å². The second kappa shape index (κ2) is 23.4. The predicted octanol–water partition coefficient (Wildman–Crippen LogP) is 5.20.